The monoisotopic (exact) mass is 933 g/mol. The Kier molecular flexibility index (Phi) is 15.5. The van der Waals surface area contributed by atoms with E-state index in [-0.39, 0.29) is 76.1 Å². The Bertz CT molecular complexity index is 2560. The van der Waals surface area contributed by atoms with E-state index in [4.69, 9.17) is 35.2 Å². The number of benzene rings is 2. The van der Waals surface area contributed by atoms with Crippen molar-refractivity contribution in [3.05, 3.63) is 82.7 Å². The van der Waals surface area contributed by atoms with Crippen LogP contribution in [0.25, 0.3) is 10.5 Å². The first-order chi connectivity index (χ1) is 33.2. The first-order valence-corrected chi connectivity index (χ1v) is 22.9. The highest BCUT2D eigenvalue weighted by molar-refractivity contribution is 6.07. The van der Waals surface area contributed by atoms with E-state index in [2.05, 4.69) is 47.9 Å². The molecule has 1 saturated carbocycles. The van der Waals surface area contributed by atoms with Crippen molar-refractivity contribution in [3.8, 4) is 11.4 Å². The van der Waals surface area contributed by atoms with Crippen molar-refractivity contribution < 1.29 is 47.7 Å². The van der Waals surface area contributed by atoms with Gasteiger partial charge in [0.25, 0.3) is 17.6 Å². The van der Waals surface area contributed by atoms with Crippen LogP contribution in [0.5, 0.6) is 5.75 Å². The lowest BCUT2D eigenvalue weighted by Gasteiger charge is -2.42. The molecule has 3 aliphatic heterocycles. The second kappa shape index (κ2) is 22.2. The molecule has 4 aliphatic rings. The zero-order chi connectivity index (χ0) is 47.6. The van der Waals surface area contributed by atoms with Crippen LogP contribution in [-0.4, -0.2) is 133 Å². The highest BCUT2D eigenvalue weighted by Crippen LogP contribution is 2.46. The summed E-state index contributed by atoms with van der Waals surface area (Å²) in [5, 5.41) is 11.2. The summed E-state index contributed by atoms with van der Waals surface area (Å²) in [6.45, 7) is 12.1. The van der Waals surface area contributed by atoms with E-state index >= 15 is 0 Å². The molecule has 1 saturated heterocycles. The van der Waals surface area contributed by atoms with E-state index in [0.717, 1.165) is 49.3 Å². The van der Waals surface area contributed by atoms with Gasteiger partial charge >= 0.3 is 0 Å². The first kappa shape index (κ1) is 47.5. The van der Waals surface area contributed by atoms with Crippen molar-refractivity contribution in [1.82, 2.24) is 35.1 Å². The summed E-state index contributed by atoms with van der Waals surface area (Å²) >= 11 is 0. The van der Waals surface area contributed by atoms with E-state index in [9.17, 15) is 24.0 Å². The Labute approximate surface area is 393 Å². The summed E-state index contributed by atoms with van der Waals surface area (Å²) in [5.74, 6) is 0.150. The van der Waals surface area contributed by atoms with Gasteiger partial charge in [0.15, 0.2) is 12.1 Å². The molecule has 358 valence electrons. The molecule has 8 rings (SSSR count). The smallest absolute Gasteiger partial charge is 0.293 e. The number of piperidine rings is 1. The lowest BCUT2D eigenvalue weighted by molar-refractivity contribution is -0.137. The number of imidazole rings is 1. The van der Waals surface area contributed by atoms with Gasteiger partial charge < -0.3 is 54.3 Å². The minimum atomic E-state index is -0.748. The molecule has 1 aliphatic carbocycles. The van der Waals surface area contributed by atoms with Crippen LogP contribution in [0.3, 0.4) is 0 Å². The number of hydrogen-bond acceptors (Lipinski definition) is 15. The number of imide groups is 1. The summed E-state index contributed by atoms with van der Waals surface area (Å²) in [4.78, 5) is 84.2. The van der Waals surface area contributed by atoms with Crippen LogP contribution in [0.2, 0.25) is 0 Å². The molecular weight excluding hydrogens is 879 g/mol. The molecule has 5 heterocycles. The van der Waals surface area contributed by atoms with E-state index in [1.165, 1.54) is 12.0 Å². The van der Waals surface area contributed by atoms with E-state index in [0.29, 0.717) is 78.1 Å². The second-order valence-electron chi connectivity index (χ2n) is 16.6. The Balaban J connectivity index is 0.693. The van der Waals surface area contributed by atoms with Crippen molar-refractivity contribution >= 4 is 58.5 Å². The number of carbonyl (C=O) groups excluding carboxylic acids is 5. The number of fused-ring (bicyclic) bond motifs is 4. The van der Waals surface area contributed by atoms with Gasteiger partial charge in [0.2, 0.25) is 23.7 Å². The number of nitrogens with one attached hydrogen (secondary N) is 4. The van der Waals surface area contributed by atoms with Gasteiger partial charge in [-0.1, -0.05) is 32.4 Å². The van der Waals surface area contributed by atoms with Crippen LogP contribution >= 0.6 is 0 Å². The van der Waals surface area contributed by atoms with Gasteiger partial charge in [0.1, 0.15) is 24.1 Å². The molecule has 68 heavy (non-hydrogen) atoms. The van der Waals surface area contributed by atoms with Crippen LogP contribution in [0.15, 0.2) is 48.9 Å². The van der Waals surface area contributed by atoms with Crippen LogP contribution < -0.4 is 30.9 Å². The third-order valence-electron chi connectivity index (χ3n) is 12.3. The first-order valence-electron chi connectivity index (χ1n) is 22.9. The predicted octanol–water partition coefficient (Wildman–Crippen LogP) is 4.37. The number of hydrogen-bond donors (Lipinski definition) is 4. The number of ether oxygens (including phenoxy) is 5. The van der Waals surface area contributed by atoms with Gasteiger partial charge in [-0.3, -0.25) is 33.9 Å². The average molecular weight is 934 g/mol. The Morgan fingerprint density at radius 3 is 2.40 bits per heavy atom. The third-order valence-corrected chi connectivity index (χ3v) is 12.3. The minimum absolute atomic E-state index is 0.0420. The highest BCUT2D eigenvalue weighted by atomic mass is 16.6. The van der Waals surface area contributed by atoms with Gasteiger partial charge in [-0.05, 0) is 56.0 Å². The molecule has 0 bridgehead atoms. The lowest BCUT2D eigenvalue weighted by atomic mass is 10.0. The van der Waals surface area contributed by atoms with Crippen molar-refractivity contribution in [3.63, 3.8) is 0 Å². The van der Waals surface area contributed by atoms with Gasteiger partial charge in [-0.2, -0.15) is 4.98 Å². The largest absolute Gasteiger partial charge is 0.495 e. The molecule has 0 radical (unpaired) electrons. The second-order valence-corrected chi connectivity index (χ2v) is 16.6. The molecule has 2 aromatic carbocycles. The number of nitrogens with zero attached hydrogens (tertiary/aromatic N) is 7. The van der Waals surface area contributed by atoms with E-state index < -0.39 is 17.9 Å². The molecule has 2 aromatic heterocycles. The maximum absolute atomic E-state index is 13.0. The quantitative estimate of drug-likeness (QED) is 0.0487. The zero-order valence-corrected chi connectivity index (χ0v) is 38.1. The summed E-state index contributed by atoms with van der Waals surface area (Å²) in [5.41, 5.74) is 4.14. The van der Waals surface area contributed by atoms with Gasteiger partial charge in [-0.15, -0.1) is 4.98 Å². The molecule has 5 amide bonds. The molecule has 21 heteroatoms. The van der Waals surface area contributed by atoms with Crippen LogP contribution in [0.1, 0.15) is 89.9 Å². The summed E-state index contributed by atoms with van der Waals surface area (Å²) in [6, 6.07) is 9.61. The number of methoxy groups -OCH3 is 1. The molecule has 21 nitrogen and oxygen atoms in total. The maximum atomic E-state index is 13.0. The SMILES string of the molecule is [C-]#[N+]c1ncn2c1[C@@H](CC)N(C1CCCC1)c1nc(Nc3ccc(C(=O)NCCOCCOCCOCCOCC(=O)Nc4cccc5c4CN(C4CCC(=O)NC4=O)C5=O)cc3OC)ncc1-2. The summed E-state index contributed by atoms with van der Waals surface area (Å²) in [6.07, 6.45) is 9.04. The number of amides is 5. The third kappa shape index (κ3) is 10.6. The lowest BCUT2D eigenvalue weighted by Crippen LogP contribution is -2.52. The molecular formula is C47H55N11O10. The summed E-state index contributed by atoms with van der Waals surface area (Å²) in [7, 11) is 1.53. The molecule has 2 atom stereocenters. The average Bonchev–Trinajstić information content (AvgIpc) is 4.11. The van der Waals surface area contributed by atoms with E-state index in [1.807, 2.05) is 4.57 Å². The van der Waals surface area contributed by atoms with Gasteiger partial charge in [-0.25, -0.2) is 4.98 Å². The Morgan fingerprint density at radius 1 is 0.926 bits per heavy atom. The van der Waals surface area contributed by atoms with E-state index in [1.54, 1.807) is 48.9 Å². The molecule has 2 fully saturated rings. The fourth-order valence-electron chi connectivity index (χ4n) is 9.11. The van der Waals surface area contributed by atoms with Gasteiger partial charge in [0, 0.05) is 47.9 Å². The Hall–Kier alpha value is -6.99. The Morgan fingerprint density at radius 2 is 1.68 bits per heavy atom. The number of aromatic nitrogens is 4. The zero-order valence-electron chi connectivity index (χ0n) is 38.1. The standard InChI is InChI=1S/C47H55N11O10/c1-4-35-41-42(48-2)51-28-57(41)37-25-50-47(55-43(37)58(35)30-8-5-6-9-30)53-34-13-12-29(24-38(34)64-3)44(61)49-16-17-65-18-19-66-20-21-67-22-23-68-27-40(60)52-33-11-7-10-31-32(33)26-56(46(31)63)36-14-15-39(59)54-45(36)62/h7,10-13,24-25,28,30,35-36H,4-6,8-9,14-23,26-27H2,1,3H3,(H,49,61)(H,52,60)(H,50,53,55)(H,54,59,62)/t35-,36?/m1/s1. The number of rotatable bonds is 22. The van der Waals surface area contributed by atoms with Crippen LogP contribution in [0, 0.1) is 6.57 Å². The predicted molar refractivity (Wildman–Crippen MR) is 246 cm³/mol. The fraction of sp³-hybridized carbons (Fsp3) is 0.468. The van der Waals surface area contributed by atoms with Gasteiger partial charge in [0.05, 0.1) is 77.0 Å². The van der Waals surface area contributed by atoms with Crippen molar-refractivity contribution in [1.29, 1.82) is 0 Å². The molecule has 0 spiro atoms. The van der Waals surface area contributed by atoms with Crippen molar-refractivity contribution in [2.75, 3.05) is 82.0 Å². The normalized spacial score (nSPS) is 17.6. The van der Waals surface area contributed by atoms with Crippen LogP contribution in [-0.2, 0) is 39.9 Å². The van der Waals surface area contributed by atoms with Crippen LogP contribution in [0.4, 0.5) is 29.0 Å². The number of carbonyl (C=O) groups is 5. The highest BCUT2D eigenvalue weighted by Gasteiger charge is 2.41. The van der Waals surface area contributed by atoms with Crippen molar-refractivity contribution in [2.45, 2.75) is 76.5 Å². The fourth-order valence-corrected chi connectivity index (χ4v) is 9.11. The minimum Gasteiger partial charge on any atom is -0.495 e. The molecule has 1 unspecified atom stereocenters. The molecule has 4 N–H and O–H groups in total. The number of anilines is 4. The molecule has 4 aromatic rings. The van der Waals surface area contributed by atoms with Crippen molar-refractivity contribution in [2.24, 2.45) is 0 Å². The maximum Gasteiger partial charge on any atom is 0.293 e. The topological polar surface area (TPSA) is 234 Å². The summed E-state index contributed by atoms with van der Waals surface area (Å²) < 4.78 is 29.7.